The Kier molecular flexibility index (Phi) is 7.09. The van der Waals surface area contributed by atoms with Crippen molar-refractivity contribution in [3.63, 3.8) is 0 Å². The number of amides is 1. The van der Waals surface area contributed by atoms with Crippen molar-refractivity contribution in [2.45, 2.75) is 40.2 Å². The van der Waals surface area contributed by atoms with Crippen molar-refractivity contribution in [2.75, 3.05) is 26.2 Å². The van der Waals surface area contributed by atoms with Crippen LogP contribution in [0.3, 0.4) is 0 Å². The Morgan fingerprint density at radius 3 is 2.27 bits per heavy atom. The van der Waals surface area contributed by atoms with E-state index in [2.05, 4.69) is 69.0 Å². The third-order valence-corrected chi connectivity index (χ3v) is 6.53. The molecule has 172 valence electrons. The minimum atomic E-state index is 0.0897. The van der Waals surface area contributed by atoms with Crippen LogP contribution in [-0.2, 0) is 11.3 Å². The number of rotatable bonds is 6. The zero-order valence-corrected chi connectivity index (χ0v) is 20.2. The molecule has 1 aliphatic heterocycles. The van der Waals surface area contributed by atoms with Gasteiger partial charge in [0.1, 0.15) is 0 Å². The quantitative estimate of drug-likeness (QED) is 0.506. The third-order valence-electron chi connectivity index (χ3n) is 6.53. The van der Waals surface area contributed by atoms with Gasteiger partial charge in [-0.25, -0.2) is 4.68 Å². The van der Waals surface area contributed by atoms with Crippen molar-refractivity contribution in [1.82, 2.24) is 19.6 Å². The molecule has 0 N–H and O–H groups in total. The van der Waals surface area contributed by atoms with Crippen LogP contribution in [0, 0.1) is 13.8 Å². The normalized spacial score (nSPS) is 15.0. The molecule has 5 nitrogen and oxygen atoms in total. The number of aryl methyl sites for hydroxylation is 1. The number of benzene rings is 2. The first-order valence-corrected chi connectivity index (χ1v) is 11.8. The summed E-state index contributed by atoms with van der Waals surface area (Å²) in [5.41, 5.74) is 7.00. The van der Waals surface area contributed by atoms with E-state index in [1.165, 1.54) is 16.8 Å². The lowest BCUT2D eigenvalue weighted by molar-refractivity contribution is -0.127. The summed E-state index contributed by atoms with van der Waals surface area (Å²) in [5, 5.41) is 4.77. The highest BCUT2D eigenvalue weighted by Gasteiger charge is 2.22. The van der Waals surface area contributed by atoms with Crippen molar-refractivity contribution in [2.24, 2.45) is 0 Å². The van der Waals surface area contributed by atoms with Crippen molar-refractivity contribution < 1.29 is 4.79 Å². The predicted molar refractivity (Wildman–Crippen MR) is 134 cm³/mol. The van der Waals surface area contributed by atoms with E-state index in [1.807, 2.05) is 33.9 Å². The van der Waals surface area contributed by atoms with E-state index in [0.29, 0.717) is 5.92 Å². The van der Waals surface area contributed by atoms with Gasteiger partial charge in [-0.3, -0.25) is 9.69 Å². The van der Waals surface area contributed by atoms with Gasteiger partial charge in [-0.05, 0) is 49.1 Å². The molecule has 1 amide bonds. The van der Waals surface area contributed by atoms with Crippen molar-refractivity contribution >= 4 is 12.0 Å². The second-order valence-corrected chi connectivity index (χ2v) is 9.15. The van der Waals surface area contributed by atoms with E-state index in [4.69, 9.17) is 5.10 Å². The van der Waals surface area contributed by atoms with Gasteiger partial charge < -0.3 is 4.90 Å². The molecule has 2 aromatic carbocycles. The van der Waals surface area contributed by atoms with Gasteiger partial charge in [-0.1, -0.05) is 56.3 Å². The Labute approximate surface area is 197 Å². The van der Waals surface area contributed by atoms with Crippen LogP contribution in [0.1, 0.15) is 47.8 Å². The molecule has 1 aromatic heterocycles. The van der Waals surface area contributed by atoms with Gasteiger partial charge in [-0.2, -0.15) is 5.10 Å². The predicted octanol–water partition coefficient (Wildman–Crippen LogP) is 4.97. The Morgan fingerprint density at radius 2 is 1.64 bits per heavy atom. The minimum absolute atomic E-state index is 0.0897. The van der Waals surface area contributed by atoms with Gasteiger partial charge in [0.15, 0.2) is 0 Å². The van der Waals surface area contributed by atoms with Crippen LogP contribution in [0.15, 0.2) is 60.7 Å². The van der Waals surface area contributed by atoms with E-state index < -0.39 is 0 Å². The fraction of sp³-hybridized carbons (Fsp3) is 0.357. The zero-order valence-electron chi connectivity index (χ0n) is 20.2. The highest BCUT2D eigenvalue weighted by molar-refractivity contribution is 5.91. The van der Waals surface area contributed by atoms with Gasteiger partial charge in [0.2, 0.25) is 5.91 Å². The second-order valence-electron chi connectivity index (χ2n) is 9.15. The molecule has 3 aromatic rings. The lowest BCUT2D eigenvalue weighted by Gasteiger charge is -2.34. The molecule has 1 saturated heterocycles. The van der Waals surface area contributed by atoms with Crippen LogP contribution in [0.4, 0.5) is 0 Å². The Bertz CT molecular complexity index is 1100. The summed E-state index contributed by atoms with van der Waals surface area (Å²) in [6.07, 6.45) is 3.63. The highest BCUT2D eigenvalue weighted by Crippen LogP contribution is 2.20. The molecule has 0 bridgehead atoms. The van der Waals surface area contributed by atoms with Gasteiger partial charge >= 0.3 is 0 Å². The Morgan fingerprint density at radius 1 is 0.970 bits per heavy atom. The molecule has 0 unspecified atom stereocenters. The lowest BCUT2D eigenvalue weighted by atomic mass is 10.0. The first-order chi connectivity index (χ1) is 15.9. The number of carbonyl (C=O) groups excluding carboxylic acids is 1. The Balaban J connectivity index is 1.33. The largest absolute Gasteiger partial charge is 0.337 e. The molecule has 4 rings (SSSR count). The summed E-state index contributed by atoms with van der Waals surface area (Å²) in [4.78, 5) is 17.1. The molecule has 1 fully saturated rings. The lowest BCUT2D eigenvalue weighted by Crippen LogP contribution is -2.47. The van der Waals surface area contributed by atoms with Gasteiger partial charge in [0, 0.05) is 50.1 Å². The third kappa shape index (κ3) is 5.42. The molecular formula is C28H34N4O. The number of hydrogen-bond donors (Lipinski definition) is 0. The van der Waals surface area contributed by atoms with E-state index in [1.54, 1.807) is 6.08 Å². The van der Waals surface area contributed by atoms with Crippen LogP contribution in [-0.4, -0.2) is 51.7 Å². The Hall–Kier alpha value is -3.18. The number of para-hydroxylation sites is 1. The summed E-state index contributed by atoms with van der Waals surface area (Å²) in [6.45, 7) is 12.7. The topological polar surface area (TPSA) is 41.4 Å². The van der Waals surface area contributed by atoms with Crippen LogP contribution < -0.4 is 0 Å². The van der Waals surface area contributed by atoms with Gasteiger partial charge in [0.25, 0.3) is 0 Å². The molecule has 0 saturated carbocycles. The van der Waals surface area contributed by atoms with Gasteiger partial charge in [-0.15, -0.1) is 0 Å². The summed E-state index contributed by atoms with van der Waals surface area (Å²) in [5.74, 6) is 0.605. The average Bonchev–Trinajstić information content (AvgIpc) is 3.12. The van der Waals surface area contributed by atoms with E-state index in [9.17, 15) is 4.79 Å². The fourth-order valence-electron chi connectivity index (χ4n) is 4.34. The molecule has 0 spiro atoms. The number of aromatic nitrogens is 2. The number of nitrogens with zero attached hydrogens (tertiary/aromatic N) is 4. The first-order valence-electron chi connectivity index (χ1n) is 11.8. The molecule has 33 heavy (non-hydrogen) atoms. The van der Waals surface area contributed by atoms with Crippen molar-refractivity contribution in [3.05, 3.63) is 88.8 Å². The molecule has 5 heteroatoms. The molecule has 0 radical (unpaired) electrons. The van der Waals surface area contributed by atoms with E-state index in [-0.39, 0.29) is 5.91 Å². The van der Waals surface area contributed by atoms with Crippen molar-refractivity contribution in [3.8, 4) is 5.69 Å². The summed E-state index contributed by atoms with van der Waals surface area (Å²) < 4.78 is 2.03. The smallest absolute Gasteiger partial charge is 0.246 e. The fourth-order valence-corrected chi connectivity index (χ4v) is 4.34. The zero-order chi connectivity index (χ0) is 23.4. The van der Waals surface area contributed by atoms with Crippen LogP contribution in [0.2, 0.25) is 0 Å². The summed E-state index contributed by atoms with van der Waals surface area (Å²) in [7, 11) is 0. The highest BCUT2D eigenvalue weighted by atomic mass is 16.2. The molecule has 0 atom stereocenters. The average molecular weight is 443 g/mol. The molecule has 0 aliphatic carbocycles. The standard InChI is InChI=1S/C28H34N4O/c1-21(2)25-13-10-24(11-14-25)12-15-28(33)31-18-16-30(17-19-31)20-27-22(3)29-32(23(27)4)26-8-6-5-7-9-26/h5-15,21H,16-20H2,1-4H3/b15-12+. The molecule has 1 aliphatic rings. The monoisotopic (exact) mass is 442 g/mol. The summed E-state index contributed by atoms with van der Waals surface area (Å²) in [6, 6.07) is 18.7. The summed E-state index contributed by atoms with van der Waals surface area (Å²) >= 11 is 0. The number of hydrogen-bond acceptors (Lipinski definition) is 3. The SMILES string of the molecule is Cc1nn(-c2ccccc2)c(C)c1CN1CCN(C(=O)/C=C/c2ccc(C(C)C)cc2)CC1. The second kappa shape index (κ2) is 10.2. The number of carbonyl (C=O) groups is 1. The van der Waals surface area contributed by atoms with Crippen LogP contribution in [0.5, 0.6) is 0 Å². The molecule has 2 heterocycles. The minimum Gasteiger partial charge on any atom is -0.337 e. The van der Waals surface area contributed by atoms with E-state index >= 15 is 0 Å². The maximum Gasteiger partial charge on any atom is 0.246 e. The first kappa shape index (κ1) is 23.0. The number of piperazine rings is 1. The maximum atomic E-state index is 12.7. The maximum absolute atomic E-state index is 12.7. The van der Waals surface area contributed by atoms with Crippen LogP contribution in [0.25, 0.3) is 11.8 Å². The van der Waals surface area contributed by atoms with Gasteiger partial charge in [0.05, 0.1) is 11.4 Å². The van der Waals surface area contributed by atoms with E-state index in [0.717, 1.165) is 49.7 Å². The molecular weight excluding hydrogens is 408 g/mol. The van der Waals surface area contributed by atoms with Crippen molar-refractivity contribution in [1.29, 1.82) is 0 Å². The van der Waals surface area contributed by atoms with Crippen LogP contribution >= 0.6 is 0 Å².